The van der Waals surface area contributed by atoms with Gasteiger partial charge in [-0.3, -0.25) is 4.98 Å². The van der Waals surface area contributed by atoms with Gasteiger partial charge in [0.05, 0.1) is 5.69 Å². The molecule has 0 saturated carbocycles. The highest BCUT2D eigenvalue weighted by molar-refractivity contribution is 6.11. The molecule has 0 radical (unpaired) electrons. The Bertz CT molecular complexity index is 1060. The molecule has 0 N–H and O–H groups in total. The molecule has 4 rings (SSSR count). The molecular formula is C24H23N. The zero-order chi connectivity index (χ0) is 17.4. The van der Waals surface area contributed by atoms with Gasteiger partial charge in [0.1, 0.15) is 0 Å². The Kier molecular flexibility index (Phi) is 4.01. The lowest BCUT2D eigenvalue weighted by Crippen LogP contribution is -1.90. The number of fused-ring (bicyclic) bond motifs is 3. The largest absolute Gasteiger partial charge is 0.256 e. The monoisotopic (exact) mass is 325 g/mol. The second-order valence-electron chi connectivity index (χ2n) is 7.00. The van der Waals surface area contributed by atoms with E-state index in [-0.39, 0.29) is 0 Å². The molecule has 0 spiro atoms. The predicted octanol–water partition coefficient (Wildman–Crippen LogP) is 6.62. The number of hydrogen-bond acceptors (Lipinski definition) is 1. The molecule has 0 unspecified atom stereocenters. The van der Waals surface area contributed by atoms with Crippen molar-refractivity contribution in [3.63, 3.8) is 0 Å². The Balaban J connectivity index is 2.01. The van der Waals surface area contributed by atoms with Crippen LogP contribution in [-0.2, 0) is 6.42 Å². The Hall–Kier alpha value is -2.67. The standard InChI is InChI=1S/C24H23N/c1-4-5-18-6-7-19-8-9-22-21(23(19)15-18)10-11-25-24(22)20-13-16(2)12-17(3)14-20/h6-15H,4-5H2,1-3H3. The molecule has 3 aromatic carbocycles. The number of aryl methyl sites for hydroxylation is 3. The van der Waals surface area contributed by atoms with Crippen LogP contribution in [0.1, 0.15) is 30.0 Å². The molecule has 0 amide bonds. The smallest absolute Gasteiger partial charge is 0.0780 e. The zero-order valence-electron chi connectivity index (χ0n) is 15.1. The van der Waals surface area contributed by atoms with Crippen LogP contribution in [0, 0.1) is 13.8 Å². The van der Waals surface area contributed by atoms with E-state index in [1.54, 1.807) is 0 Å². The van der Waals surface area contributed by atoms with Crippen molar-refractivity contribution >= 4 is 21.5 Å². The molecule has 1 heteroatoms. The predicted molar refractivity (Wildman–Crippen MR) is 108 cm³/mol. The van der Waals surface area contributed by atoms with E-state index >= 15 is 0 Å². The minimum absolute atomic E-state index is 1.08. The van der Waals surface area contributed by atoms with Crippen LogP contribution >= 0.6 is 0 Å². The van der Waals surface area contributed by atoms with Crippen molar-refractivity contribution in [2.45, 2.75) is 33.6 Å². The van der Waals surface area contributed by atoms with E-state index < -0.39 is 0 Å². The van der Waals surface area contributed by atoms with E-state index in [9.17, 15) is 0 Å². The number of benzene rings is 3. The molecule has 124 valence electrons. The van der Waals surface area contributed by atoms with E-state index in [0.717, 1.165) is 12.1 Å². The lowest BCUT2D eigenvalue weighted by atomic mass is 9.95. The molecule has 1 nitrogen and oxygen atoms in total. The second kappa shape index (κ2) is 6.33. The van der Waals surface area contributed by atoms with E-state index in [1.165, 1.54) is 50.2 Å². The van der Waals surface area contributed by atoms with Gasteiger partial charge in [0, 0.05) is 17.1 Å². The number of hydrogen-bond donors (Lipinski definition) is 0. The number of aromatic nitrogens is 1. The molecule has 1 aromatic heterocycles. The van der Waals surface area contributed by atoms with Crippen molar-refractivity contribution in [1.82, 2.24) is 4.98 Å². The third kappa shape index (κ3) is 2.91. The highest BCUT2D eigenvalue weighted by atomic mass is 14.7. The molecular weight excluding hydrogens is 302 g/mol. The molecule has 0 fully saturated rings. The second-order valence-corrected chi connectivity index (χ2v) is 7.00. The Morgan fingerprint density at radius 1 is 0.760 bits per heavy atom. The van der Waals surface area contributed by atoms with Gasteiger partial charge in [-0.1, -0.05) is 60.9 Å². The summed E-state index contributed by atoms with van der Waals surface area (Å²) in [5.74, 6) is 0. The van der Waals surface area contributed by atoms with Crippen molar-refractivity contribution in [3.05, 3.63) is 77.5 Å². The lowest BCUT2D eigenvalue weighted by molar-refractivity contribution is 0.924. The highest BCUT2D eigenvalue weighted by Crippen LogP contribution is 2.33. The summed E-state index contributed by atoms with van der Waals surface area (Å²) >= 11 is 0. The molecule has 0 aliphatic heterocycles. The lowest BCUT2D eigenvalue weighted by Gasteiger charge is -2.11. The summed E-state index contributed by atoms with van der Waals surface area (Å²) in [5, 5.41) is 5.15. The van der Waals surface area contributed by atoms with Gasteiger partial charge < -0.3 is 0 Å². The van der Waals surface area contributed by atoms with Crippen LogP contribution in [0.25, 0.3) is 32.8 Å². The van der Waals surface area contributed by atoms with Gasteiger partial charge in [-0.2, -0.15) is 0 Å². The summed E-state index contributed by atoms with van der Waals surface area (Å²) in [6.07, 6.45) is 4.24. The first-order valence-corrected chi connectivity index (χ1v) is 9.05. The van der Waals surface area contributed by atoms with Crippen LogP contribution in [0.15, 0.2) is 60.8 Å². The van der Waals surface area contributed by atoms with Crippen LogP contribution in [0.5, 0.6) is 0 Å². The fraction of sp³-hybridized carbons (Fsp3) is 0.208. The quantitative estimate of drug-likeness (QED) is 0.385. The van der Waals surface area contributed by atoms with E-state index in [0.29, 0.717) is 0 Å². The van der Waals surface area contributed by atoms with E-state index in [4.69, 9.17) is 4.98 Å². The molecule has 4 aromatic rings. The Morgan fingerprint density at radius 2 is 1.52 bits per heavy atom. The highest BCUT2D eigenvalue weighted by Gasteiger charge is 2.09. The molecule has 0 atom stereocenters. The first kappa shape index (κ1) is 15.8. The summed E-state index contributed by atoms with van der Waals surface area (Å²) in [4.78, 5) is 4.72. The topological polar surface area (TPSA) is 12.9 Å². The summed E-state index contributed by atoms with van der Waals surface area (Å²) in [5.41, 5.74) is 6.24. The van der Waals surface area contributed by atoms with Gasteiger partial charge in [-0.15, -0.1) is 0 Å². The molecule has 0 saturated heterocycles. The first-order chi connectivity index (χ1) is 12.2. The van der Waals surface area contributed by atoms with Crippen LogP contribution in [0.2, 0.25) is 0 Å². The maximum atomic E-state index is 4.72. The van der Waals surface area contributed by atoms with Gasteiger partial charge in [0.2, 0.25) is 0 Å². The van der Waals surface area contributed by atoms with Crippen LogP contribution < -0.4 is 0 Å². The van der Waals surface area contributed by atoms with Crippen molar-refractivity contribution in [3.8, 4) is 11.3 Å². The SMILES string of the molecule is CCCc1ccc2ccc3c(-c4cc(C)cc(C)c4)nccc3c2c1. The van der Waals surface area contributed by atoms with Crippen LogP contribution in [-0.4, -0.2) is 4.98 Å². The summed E-state index contributed by atoms with van der Waals surface area (Å²) in [6, 6.07) is 20.1. The van der Waals surface area contributed by atoms with E-state index in [2.05, 4.69) is 75.4 Å². The average Bonchev–Trinajstić information content (AvgIpc) is 2.60. The zero-order valence-corrected chi connectivity index (χ0v) is 15.1. The third-order valence-corrected chi connectivity index (χ3v) is 4.86. The Labute approximate surface area is 149 Å². The van der Waals surface area contributed by atoms with Crippen LogP contribution in [0.4, 0.5) is 0 Å². The maximum Gasteiger partial charge on any atom is 0.0780 e. The van der Waals surface area contributed by atoms with Gasteiger partial charge in [0.15, 0.2) is 0 Å². The van der Waals surface area contributed by atoms with Gasteiger partial charge in [-0.25, -0.2) is 0 Å². The van der Waals surface area contributed by atoms with Crippen LogP contribution in [0.3, 0.4) is 0 Å². The summed E-state index contributed by atoms with van der Waals surface area (Å²) in [6.45, 7) is 6.53. The van der Waals surface area contributed by atoms with Gasteiger partial charge in [0.25, 0.3) is 0 Å². The maximum absolute atomic E-state index is 4.72. The minimum atomic E-state index is 1.08. The summed E-state index contributed by atoms with van der Waals surface area (Å²) in [7, 11) is 0. The van der Waals surface area contributed by atoms with Crippen molar-refractivity contribution in [1.29, 1.82) is 0 Å². The molecule has 1 heterocycles. The summed E-state index contributed by atoms with van der Waals surface area (Å²) < 4.78 is 0. The minimum Gasteiger partial charge on any atom is -0.256 e. The van der Waals surface area contributed by atoms with Crippen molar-refractivity contribution in [2.24, 2.45) is 0 Å². The molecule has 25 heavy (non-hydrogen) atoms. The average molecular weight is 325 g/mol. The van der Waals surface area contributed by atoms with Gasteiger partial charge >= 0.3 is 0 Å². The number of rotatable bonds is 3. The van der Waals surface area contributed by atoms with E-state index in [1.807, 2.05) is 6.20 Å². The molecule has 0 aliphatic carbocycles. The molecule has 0 aliphatic rings. The first-order valence-electron chi connectivity index (χ1n) is 9.05. The number of pyridine rings is 1. The fourth-order valence-corrected chi connectivity index (χ4v) is 3.82. The molecule has 0 bridgehead atoms. The number of nitrogens with zero attached hydrogens (tertiary/aromatic N) is 1. The van der Waals surface area contributed by atoms with Crippen molar-refractivity contribution in [2.75, 3.05) is 0 Å². The fourth-order valence-electron chi connectivity index (χ4n) is 3.82. The van der Waals surface area contributed by atoms with Crippen molar-refractivity contribution < 1.29 is 0 Å². The normalized spacial score (nSPS) is 11.3. The third-order valence-electron chi connectivity index (χ3n) is 4.86. The Morgan fingerprint density at radius 3 is 2.28 bits per heavy atom. The van der Waals surface area contributed by atoms with Gasteiger partial charge in [-0.05, 0) is 60.2 Å².